The monoisotopic (exact) mass is 551 g/mol. The number of halogens is 1. The maximum atomic E-state index is 6.96. The molecule has 0 fully saturated rings. The van der Waals surface area contributed by atoms with E-state index >= 15 is 0 Å². The van der Waals surface area contributed by atoms with Crippen molar-refractivity contribution in [1.29, 1.82) is 0 Å². The van der Waals surface area contributed by atoms with Crippen molar-refractivity contribution in [3.05, 3.63) is 76.3 Å². The van der Waals surface area contributed by atoms with E-state index < -0.39 is 9.04 Å². The maximum Gasteiger partial charge on any atom is 0.224 e. The van der Waals surface area contributed by atoms with Gasteiger partial charge in [-0.15, -0.1) is 0 Å². The van der Waals surface area contributed by atoms with Crippen molar-refractivity contribution in [2.75, 3.05) is 13.7 Å². The third kappa shape index (κ3) is 7.44. The summed E-state index contributed by atoms with van der Waals surface area (Å²) in [6, 6.07) is 20.5. The number of benzene rings is 3. The SMILES string of the molecule is COc1ccc(COCC#CC(O[Si](C(C)(C)C)C(C)(C)C)c2cccc3cccc(Br)c23)cc1. The normalized spacial score (nSPS) is 12.9. The smallest absolute Gasteiger partial charge is 0.224 e. The number of fused-ring (bicyclic) bond motifs is 1. The Kier molecular flexibility index (Phi) is 9.23. The molecule has 35 heavy (non-hydrogen) atoms. The fourth-order valence-electron chi connectivity index (χ4n) is 4.38. The lowest BCUT2D eigenvalue weighted by Gasteiger charge is -2.39. The summed E-state index contributed by atoms with van der Waals surface area (Å²) in [5.41, 5.74) is 2.18. The predicted molar refractivity (Wildman–Crippen MR) is 151 cm³/mol. The molecule has 1 atom stereocenters. The lowest BCUT2D eigenvalue weighted by Crippen LogP contribution is -2.39. The Balaban J connectivity index is 1.88. The third-order valence-corrected chi connectivity index (χ3v) is 9.46. The van der Waals surface area contributed by atoms with Crippen LogP contribution in [-0.2, 0) is 15.8 Å². The molecule has 0 heterocycles. The molecule has 0 aliphatic carbocycles. The summed E-state index contributed by atoms with van der Waals surface area (Å²) in [7, 11) is 0.403. The summed E-state index contributed by atoms with van der Waals surface area (Å²) in [5.74, 6) is 7.51. The van der Waals surface area contributed by atoms with Gasteiger partial charge in [-0.3, -0.25) is 0 Å². The first kappa shape index (κ1) is 27.5. The molecule has 0 aromatic heterocycles. The van der Waals surface area contributed by atoms with Crippen LogP contribution in [0.15, 0.2) is 65.1 Å². The largest absolute Gasteiger partial charge is 0.497 e. The van der Waals surface area contributed by atoms with Crippen LogP contribution in [0.3, 0.4) is 0 Å². The second-order valence-corrected chi connectivity index (χ2v) is 15.4. The van der Waals surface area contributed by atoms with Gasteiger partial charge in [-0.05, 0) is 39.2 Å². The minimum absolute atomic E-state index is 0.0511. The van der Waals surface area contributed by atoms with Gasteiger partial charge in [0.05, 0.1) is 13.7 Å². The summed E-state index contributed by atoms with van der Waals surface area (Å²) < 4.78 is 19.1. The second kappa shape index (κ2) is 11.8. The average Bonchev–Trinajstić information content (AvgIpc) is 2.79. The zero-order valence-electron chi connectivity index (χ0n) is 21.9. The number of rotatable bonds is 7. The lowest BCUT2D eigenvalue weighted by atomic mass is 10.0. The predicted octanol–water partition coefficient (Wildman–Crippen LogP) is 8.48. The summed E-state index contributed by atoms with van der Waals surface area (Å²) >= 11 is 3.76. The van der Waals surface area contributed by atoms with Crippen LogP contribution in [-0.4, -0.2) is 22.8 Å². The highest BCUT2D eigenvalue weighted by Crippen LogP contribution is 2.45. The van der Waals surface area contributed by atoms with Gasteiger partial charge in [-0.25, -0.2) is 0 Å². The minimum atomic E-state index is -1.26. The first-order valence-electron chi connectivity index (χ1n) is 11.9. The molecule has 0 aliphatic rings. The number of hydrogen-bond acceptors (Lipinski definition) is 3. The molecule has 5 heteroatoms. The molecule has 0 bridgehead atoms. The van der Waals surface area contributed by atoms with Crippen LogP contribution < -0.4 is 4.74 Å². The van der Waals surface area contributed by atoms with Crippen molar-refractivity contribution in [1.82, 2.24) is 0 Å². The Labute approximate surface area is 221 Å². The molecule has 0 N–H and O–H groups in total. The molecule has 185 valence electrons. The first-order chi connectivity index (χ1) is 16.5. The van der Waals surface area contributed by atoms with E-state index in [0.717, 1.165) is 26.7 Å². The Hall–Kier alpha value is -2.10. The van der Waals surface area contributed by atoms with E-state index in [1.54, 1.807) is 7.11 Å². The van der Waals surface area contributed by atoms with E-state index in [4.69, 9.17) is 13.9 Å². The molecule has 0 aliphatic heterocycles. The van der Waals surface area contributed by atoms with E-state index in [0.29, 0.717) is 13.2 Å². The Bertz CT molecular complexity index is 1160. The summed E-state index contributed by atoms with van der Waals surface area (Å²) in [6.07, 6.45) is -0.339. The molecule has 0 spiro atoms. The molecule has 0 saturated heterocycles. The number of methoxy groups -OCH3 is 1. The van der Waals surface area contributed by atoms with Crippen LogP contribution in [0, 0.1) is 11.8 Å². The molecule has 1 radical (unpaired) electrons. The van der Waals surface area contributed by atoms with Gasteiger partial charge in [0.2, 0.25) is 9.04 Å². The van der Waals surface area contributed by atoms with Crippen molar-refractivity contribution in [2.45, 2.75) is 64.3 Å². The highest BCUT2D eigenvalue weighted by atomic mass is 79.9. The third-order valence-electron chi connectivity index (χ3n) is 5.60. The Morgan fingerprint density at radius 1 is 0.886 bits per heavy atom. The number of hydrogen-bond donors (Lipinski definition) is 0. The van der Waals surface area contributed by atoms with Crippen molar-refractivity contribution >= 4 is 35.7 Å². The topological polar surface area (TPSA) is 27.7 Å². The minimum Gasteiger partial charge on any atom is -0.497 e. The van der Waals surface area contributed by atoms with Crippen molar-refractivity contribution in [3.8, 4) is 17.6 Å². The molecule has 3 aromatic carbocycles. The fourth-order valence-corrected chi connectivity index (χ4v) is 8.37. The Morgan fingerprint density at radius 2 is 1.51 bits per heavy atom. The standard InChI is InChI=1S/C30H36BrO3Si/c1-29(2,3)35(30(4,5)6)34-27(25-13-8-11-23-12-9-14-26(31)28(23)25)15-10-20-33-21-22-16-18-24(32-7)19-17-22/h8-9,11-14,16-19,27H,20-21H2,1-7H3. The van der Waals surface area contributed by atoms with Gasteiger partial charge in [0.25, 0.3) is 0 Å². The fraction of sp³-hybridized carbons (Fsp3) is 0.400. The van der Waals surface area contributed by atoms with Gasteiger partial charge >= 0.3 is 0 Å². The number of ether oxygens (including phenoxy) is 2. The molecule has 3 rings (SSSR count). The molecule has 3 aromatic rings. The summed E-state index contributed by atoms with van der Waals surface area (Å²) in [5, 5.41) is 2.42. The van der Waals surface area contributed by atoms with Crippen LogP contribution in [0.2, 0.25) is 10.1 Å². The van der Waals surface area contributed by atoms with E-state index in [1.165, 1.54) is 5.39 Å². The molecule has 1 unspecified atom stereocenters. The lowest BCUT2D eigenvalue weighted by molar-refractivity contribution is 0.153. The molecular formula is C30H36BrO3Si. The first-order valence-corrected chi connectivity index (χ1v) is 14.1. The molecule has 0 saturated carbocycles. The van der Waals surface area contributed by atoms with Crippen molar-refractivity contribution in [2.24, 2.45) is 0 Å². The quantitative estimate of drug-likeness (QED) is 0.167. The van der Waals surface area contributed by atoms with E-state index in [9.17, 15) is 0 Å². The van der Waals surface area contributed by atoms with Gasteiger partial charge < -0.3 is 13.9 Å². The van der Waals surface area contributed by atoms with Crippen LogP contribution in [0.25, 0.3) is 10.8 Å². The van der Waals surface area contributed by atoms with Crippen molar-refractivity contribution < 1.29 is 13.9 Å². The van der Waals surface area contributed by atoms with E-state index in [1.807, 2.05) is 24.3 Å². The van der Waals surface area contributed by atoms with E-state index in [-0.39, 0.29) is 16.2 Å². The zero-order valence-corrected chi connectivity index (χ0v) is 24.5. The van der Waals surface area contributed by atoms with Crippen molar-refractivity contribution in [3.63, 3.8) is 0 Å². The van der Waals surface area contributed by atoms with Gasteiger partial charge in [0.1, 0.15) is 18.5 Å². The van der Waals surface area contributed by atoms with Crippen LogP contribution in [0.1, 0.15) is 58.8 Å². The molecule has 0 amide bonds. The van der Waals surface area contributed by atoms with Gasteiger partial charge in [-0.2, -0.15) is 0 Å². The van der Waals surface area contributed by atoms with Crippen LogP contribution in [0.4, 0.5) is 0 Å². The highest BCUT2D eigenvalue weighted by Gasteiger charge is 2.41. The molecular weight excluding hydrogens is 516 g/mol. The zero-order chi connectivity index (χ0) is 25.6. The van der Waals surface area contributed by atoms with Gasteiger partial charge in [0, 0.05) is 15.4 Å². The molecule has 3 nitrogen and oxygen atoms in total. The second-order valence-electron chi connectivity index (χ2n) is 10.7. The average molecular weight is 553 g/mol. The van der Waals surface area contributed by atoms with Crippen LogP contribution in [0.5, 0.6) is 5.75 Å². The van der Waals surface area contributed by atoms with E-state index in [2.05, 4.69) is 106 Å². The van der Waals surface area contributed by atoms with Crippen LogP contribution >= 0.6 is 15.9 Å². The van der Waals surface area contributed by atoms with Gasteiger partial charge in [0.15, 0.2) is 0 Å². The van der Waals surface area contributed by atoms with Gasteiger partial charge in [-0.1, -0.05) is 112 Å². The maximum absolute atomic E-state index is 6.96. The Morgan fingerprint density at radius 3 is 2.11 bits per heavy atom. The summed E-state index contributed by atoms with van der Waals surface area (Å²) in [4.78, 5) is 0. The highest BCUT2D eigenvalue weighted by molar-refractivity contribution is 9.10. The summed E-state index contributed by atoms with van der Waals surface area (Å²) in [6.45, 7) is 14.5.